The van der Waals surface area contributed by atoms with Gasteiger partial charge in [-0.2, -0.15) is 0 Å². The first-order valence-electron chi connectivity index (χ1n) is 8.48. The van der Waals surface area contributed by atoms with Gasteiger partial charge in [-0.05, 0) is 36.5 Å². The number of guanidine groups is 1. The molecule has 0 saturated carbocycles. The number of nitrogens with one attached hydrogen (secondary N) is 2. The number of nitrogens with zero attached hydrogens (tertiary/aromatic N) is 1. The van der Waals surface area contributed by atoms with Crippen molar-refractivity contribution in [2.45, 2.75) is 33.7 Å². The molecule has 1 aromatic carbocycles. The molecule has 0 heterocycles. The Morgan fingerprint density at radius 1 is 1.19 bits per heavy atom. The lowest BCUT2D eigenvalue weighted by Gasteiger charge is -2.25. The average molecular weight is 497 g/mol. The van der Waals surface area contributed by atoms with E-state index in [1.54, 1.807) is 7.11 Å². The number of hydrogen-bond donors (Lipinski definition) is 2. The molecular weight excluding hydrogens is 465 g/mol. The van der Waals surface area contributed by atoms with Crippen LogP contribution in [0.4, 0.5) is 0 Å². The van der Waals surface area contributed by atoms with Gasteiger partial charge in [0, 0.05) is 19.3 Å². The first kappa shape index (κ1) is 25.0. The number of methoxy groups -OCH3 is 1. The average Bonchev–Trinajstić information content (AvgIpc) is 2.56. The molecule has 26 heavy (non-hydrogen) atoms. The van der Waals surface area contributed by atoms with E-state index in [0.717, 1.165) is 23.8 Å². The van der Waals surface area contributed by atoms with Crippen LogP contribution in [0.2, 0.25) is 0 Å². The molecule has 0 atom stereocenters. The first-order valence-corrected chi connectivity index (χ1v) is 10.5. The summed E-state index contributed by atoms with van der Waals surface area (Å²) in [5.74, 6) is 1.75. The Kier molecular flexibility index (Phi) is 11.2. The van der Waals surface area contributed by atoms with Crippen LogP contribution in [0.25, 0.3) is 0 Å². The van der Waals surface area contributed by atoms with Crippen molar-refractivity contribution in [2.75, 3.05) is 32.2 Å². The van der Waals surface area contributed by atoms with Gasteiger partial charge < -0.3 is 15.4 Å². The number of aliphatic imine (C=N–C) groups is 1. The Labute approximate surface area is 175 Å². The Morgan fingerprint density at radius 3 is 2.31 bits per heavy atom. The molecule has 0 saturated heterocycles. The van der Waals surface area contributed by atoms with Gasteiger partial charge in [0.05, 0.1) is 19.4 Å². The van der Waals surface area contributed by atoms with E-state index in [9.17, 15) is 8.42 Å². The van der Waals surface area contributed by atoms with Crippen LogP contribution in [-0.4, -0.2) is 46.6 Å². The van der Waals surface area contributed by atoms with Crippen molar-refractivity contribution in [2.24, 2.45) is 10.4 Å². The van der Waals surface area contributed by atoms with Gasteiger partial charge in [0.25, 0.3) is 0 Å². The van der Waals surface area contributed by atoms with Crippen molar-refractivity contribution in [3.63, 3.8) is 0 Å². The normalized spacial score (nSPS) is 12.3. The summed E-state index contributed by atoms with van der Waals surface area (Å²) < 4.78 is 27.9. The standard InChI is InChI=1S/C18H31N3O3S.HI/c1-6-19-17(20-13-15-7-9-16(24-4)10-8-15)21-14-18(2,3)11-12-25(5,22)23;/h7-10H,6,11-14H2,1-5H3,(H2,19,20,21);1H. The van der Waals surface area contributed by atoms with Crippen molar-refractivity contribution in [3.8, 4) is 5.75 Å². The van der Waals surface area contributed by atoms with Gasteiger partial charge >= 0.3 is 0 Å². The zero-order chi connectivity index (χ0) is 18.9. The highest BCUT2D eigenvalue weighted by Crippen LogP contribution is 2.19. The molecule has 6 nitrogen and oxygen atoms in total. The third-order valence-corrected chi connectivity index (χ3v) is 4.75. The lowest BCUT2D eigenvalue weighted by atomic mass is 9.90. The van der Waals surface area contributed by atoms with Crippen molar-refractivity contribution in [1.29, 1.82) is 0 Å². The molecule has 0 spiro atoms. The second-order valence-electron chi connectivity index (χ2n) is 6.94. The molecular formula is C18H32IN3O3S. The molecule has 0 aliphatic rings. The number of hydrogen-bond acceptors (Lipinski definition) is 4. The molecule has 8 heteroatoms. The van der Waals surface area contributed by atoms with E-state index in [1.165, 1.54) is 6.26 Å². The highest BCUT2D eigenvalue weighted by atomic mass is 127. The van der Waals surface area contributed by atoms with Crippen molar-refractivity contribution >= 4 is 39.8 Å². The molecule has 0 amide bonds. The minimum Gasteiger partial charge on any atom is -0.497 e. The molecule has 0 bridgehead atoms. The fourth-order valence-corrected chi connectivity index (χ4v) is 3.04. The van der Waals surface area contributed by atoms with E-state index in [4.69, 9.17) is 4.74 Å². The summed E-state index contributed by atoms with van der Waals surface area (Å²) in [7, 11) is -1.30. The molecule has 0 aliphatic carbocycles. The van der Waals surface area contributed by atoms with Gasteiger partial charge in [0.2, 0.25) is 0 Å². The number of ether oxygens (including phenoxy) is 1. The van der Waals surface area contributed by atoms with E-state index in [1.807, 2.05) is 31.2 Å². The second kappa shape index (κ2) is 11.6. The van der Waals surface area contributed by atoms with Crippen LogP contribution >= 0.6 is 24.0 Å². The van der Waals surface area contributed by atoms with Crippen molar-refractivity contribution < 1.29 is 13.2 Å². The largest absolute Gasteiger partial charge is 0.497 e. The van der Waals surface area contributed by atoms with Crippen LogP contribution in [0, 0.1) is 5.41 Å². The fourth-order valence-electron chi connectivity index (χ4n) is 2.12. The summed E-state index contributed by atoms with van der Waals surface area (Å²) in [6, 6.07) is 7.81. The Hall–Kier alpha value is -1.03. The van der Waals surface area contributed by atoms with Crippen LogP contribution in [0.1, 0.15) is 32.8 Å². The summed E-state index contributed by atoms with van der Waals surface area (Å²) in [4.78, 5) is 4.59. The topological polar surface area (TPSA) is 79.8 Å². The molecule has 1 aromatic rings. The zero-order valence-electron chi connectivity index (χ0n) is 16.3. The maximum atomic E-state index is 11.4. The summed E-state index contributed by atoms with van der Waals surface area (Å²) in [6.45, 7) is 8.09. The van der Waals surface area contributed by atoms with Gasteiger partial charge in [-0.25, -0.2) is 13.4 Å². The molecule has 0 unspecified atom stereocenters. The maximum Gasteiger partial charge on any atom is 0.191 e. The van der Waals surface area contributed by atoms with E-state index in [2.05, 4.69) is 29.5 Å². The number of benzene rings is 1. The lowest BCUT2D eigenvalue weighted by molar-refractivity contribution is 0.348. The highest BCUT2D eigenvalue weighted by Gasteiger charge is 2.20. The Bertz CT molecular complexity index is 659. The molecule has 0 aliphatic heterocycles. The molecule has 2 N–H and O–H groups in total. The molecule has 0 fully saturated rings. The van der Waals surface area contributed by atoms with E-state index in [0.29, 0.717) is 19.5 Å². The van der Waals surface area contributed by atoms with Crippen LogP contribution in [0.15, 0.2) is 29.3 Å². The highest BCUT2D eigenvalue weighted by molar-refractivity contribution is 14.0. The van der Waals surface area contributed by atoms with Gasteiger partial charge in [-0.1, -0.05) is 26.0 Å². The monoisotopic (exact) mass is 497 g/mol. The maximum absolute atomic E-state index is 11.4. The zero-order valence-corrected chi connectivity index (χ0v) is 19.5. The predicted molar refractivity (Wildman–Crippen MR) is 119 cm³/mol. The summed E-state index contributed by atoms with van der Waals surface area (Å²) >= 11 is 0. The molecule has 1 rings (SSSR count). The minimum atomic E-state index is -2.94. The number of rotatable bonds is 9. The van der Waals surface area contributed by atoms with E-state index >= 15 is 0 Å². The van der Waals surface area contributed by atoms with Crippen molar-refractivity contribution in [3.05, 3.63) is 29.8 Å². The quantitative estimate of drug-likeness (QED) is 0.312. The fraction of sp³-hybridized carbons (Fsp3) is 0.611. The SMILES string of the molecule is CCNC(=NCc1ccc(OC)cc1)NCC(C)(C)CCS(C)(=O)=O.I. The minimum absolute atomic E-state index is 0. The molecule has 0 aromatic heterocycles. The second-order valence-corrected chi connectivity index (χ2v) is 9.20. The lowest BCUT2D eigenvalue weighted by Crippen LogP contribution is -2.42. The third-order valence-electron chi connectivity index (χ3n) is 3.81. The number of sulfone groups is 1. The molecule has 150 valence electrons. The van der Waals surface area contributed by atoms with Crippen molar-refractivity contribution in [1.82, 2.24) is 10.6 Å². The van der Waals surface area contributed by atoms with E-state index < -0.39 is 9.84 Å². The van der Waals surface area contributed by atoms with Gasteiger partial charge in [0.1, 0.15) is 15.6 Å². The smallest absolute Gasteiger partial charge is 0.191 e. The van der Waals surface area contributed by atoms with Gasteiger partial charge in [-0.3, -0.25) is 0 Å². The number of halogens is 1. The van der Waals surface area contributed by atoms with Crippen LogP contribution < -0.4 is 15.4 Å². The van der Waals surface area contributed by atoms with Crippen LogP contribution in [0.3, 0.4) is 0 Å². The van der Waals surface area contributed by atoms with Gasteiger partial charge in [-0.15, -0.1) is 24.0 Å². The third kappa shape index (κ3) is 10.8. The van der Waals surface area contributed by atoms with E-state index in [-0.39, 0.29) is 35.1 Å². The Balaban J connectivity index is 0.00000625. The van der Waals surface area contributed by atoms with Crippen LogP contribution in [0.5, 0.6) is 5.75 Å². The summed E-state index contributed by atoms with van der Waals surface area (Å²) in [6.07, 6.45) is 1.88. The summed E-state index contributed by atoms with van der Waals surface area (Å²) in [5, 5.41) is 6.53. The van der Waals surface area contributed by atoms with Gasteiger partial charge in [0.15, 0.2) is 5.96 Å². The Morgan fingerprint density at radius 2 is 1.81 bits per heavy atom. The first-order chi connectivity index (χ1) is 11.6. The van der Waals surface area contributed by atoms with Crippen LogP contribution in [-0.2, 0) is 16.4 Å². The summed E-state index contributed by atoms with van der Waals surface area (Å²) in [5.41, 5.74) is 0.952. The predicted octanol–water partition coefficient (Wildman–Crippen LogP) is 2.83. The molecule has 0 radical (unpaired) electrons.